The van der Waals surface area contributed by atoms with E-state index in [1.54, 1.807) is 11.8 Å². The minimum Gasteiger partial charge on any atom is -0.481 e. The van der Waals surface area contributed by atoms with Crippen molar-refractivity contribution in [1.29, 1.82) is 0 Å². The second kappa shape index (κ2) is 7.31. The third-order valence-electron chi connectivity index (χ3n) is 3.83. The molecule has 0 aromatic rings. The molecule has 2 rings (SSSR count). The number of hydrogen-bond acceptors (Lipinski definition) is 5. The van der Waals surface area contributed by atoms with Crippen LogP contribution in [0.4, 0.5) is 4.79 Å². The first kappa shape index (κ1) is 16.4. The SMILES string of the molecule is O=C=C=CC(=O)C(CCC[C@@H]1SC[C@@H]2NC(=O)N[C@@H]21)C(=O)O. The van der Waals surface area contributed by atoms with E-state index in [1.807, 2.05) is 5.73 Å². The number of fused-ring (bicyclic) bond motifs is 1. The van der Waals surface area contributed by atoms with E-state index in [4.69, 9.17) is 5.11 Å². The zero-order valence-electron chi connectivity index (χ0n) is 11.7. The normalized spacial score (nSPS) is 26.9. The number of allylic oxidation sites excluding steroid dienone is 1. The molecule has 0 radical (unpaired) electrons. The van der Waals surface area contributed by atoms with Gasteiger partial charge >= 0.3 is 12.0 Å². The minimum atomic E-state index is -1.21. The standard InChI is InChI=1S/C14H16N2O5S/c17-6-2-4-10(18)8(13(19)20)3-1-5-11-12-9(7-22-11)15-14(21)16-12/h4,8-9,11-12H,1,3,5,7H2,(H,19,20)(H2,15,16,21)/t8?,9-,11-,12-/m0/s1. The van der Waals surface area contributed by atoms with Crippen LogP contribution in [0, 0.1) is 5.92 Å². The first-order valence-electron chi connectivity index (χ1n) is 6.94. The Hall–Kier alpha value is -2.01. The number of hydrogen-bond donors (Lipinski definition) is 3. The number of ketones is 1. The molecule has 0 spiro atoms. The van der Waals surface area contributed by atoms with E-state index in [0.717, 1.165) is 18.2 Å². The summed E-state index contributed by atoms with van der Waals surface area (Å²) < 4.78 is 0. The Bertz CT molecular complexity index is 566. The zero-order valence-corrected chi connectivity index (χ0v) is 12.5. The van der Waals surface area contributed by atoms with Gasteiger partial charge in [0.2, 0.25) is 0 Å². The van der Waals surface area contributed by atoms with Gasteiger partial charge in [-0.1, -0.05) is 6.42 Å². The number of nitrogens with one attached hydrogen (secondary N) is 2. The Morgan fingerprint density at radius 1 is 1.45 bits per heavy atom. The van der Waals surface area contributed by atoms with Gasteiger partial charge in [-0.15, -0.1) is 0 Å². The average Bonchev–Trinajstić information content (AvgIpc) is 3.00. The van der Waals surface area contributed by atoms with Gasteiger partial charge < -0.3 is 15.7 Å². The highest BCUT2D eigenvalue weighted by atomic mass is 32.2. The van der Waals surface area contributed by atoms with Gasteiger partial charge in [-0.05, 0) is 18.6 Å². The van der Waals surface area contributed by atoms with Crippen molar-refractivity contribution in [2.75, 3.05) is 5.75 Å². The molecule has 1 unspecified atom stereocenters. The van der Waals surface area contributed by atoms with Crippen LogP contribution in [0.15, 0.2) is 11.8 Å². The molecule has 3 N–H and O–H groups in total. The number of urea groups is 1. The van der Waals surface area contributed by atoms with Gasteiger partial charge in [0.05, 0.1) is 12.1 Å². The highest BCUT2D eigenvalue weighted by Gasteiger charge is 2.42. The maximum atomic E-state index is 11.6. The highest BCUT2D eigenvalue weighted by Crippen LogP contribution is 2.33. The molecule has 2 amide bonds. The Labute approximate surface area is 131 Å². The molecule has 0 aliphatic carbocycles. The van der Waals surface area contributed by atoms with Crippen LogP contribution in [0.5, 0.6) is 0 Å². The predicted octanol–water partition coefficient (Wildman–Crippen LogP) is 0.135. The summed E-state index contributed by atoms with van der Waals surface area (Å²) in [6.45, 7) is 0. The van der Waals surface area contributed by atoms with Crippen LogP contribution in [-0.2, 0) is 14.4 Å². The fraction of sp³-hybridized carbons (Fsp3) is 0.571. The number of aliphatic carboxylic acids is 1. The van der Waals surface area contributed by atoms with E-state index in [2.05, 4.69) is 10.6 Å². The van der Waals surface area contributed by atoms with Crippen LogP contribution in [0.2, 0.25) is 0 Å². The van der Waals surface area contributed by atoms with E-state index >= 15 is 0 Å². The van der Waals surface area contributed by atoms with E-state index in [0.29, 0.717) is 6.42 Å². The molecule has 22 heavy (non-hydrogen) atoms. The van der Waals surface area contributed by atoms with Gasteiger partial charge in [-0.2, -0.15) is 11.8 Å². The zero-order chi connectivity index (χ0) is 16.1. The van der Waals surface area contributed by atoms with Crippen molar-refractivity contribution in [3.05, 3.63) is 11.8 Å². The van der Waals surface area contributed by atoms with Gasteiger partial charge in [0.25, 0.3) is 0 Å². The van der Waals surface area contributed by atoms with E-state index in [9.17, 15) is 19.2 Å². The summed E-state index contributed by atoms with van der Waals surface area (Å²) in [6, 6.07) is 0.0270. The number of carbonyl (C=O) groups is 3. The van der Waals surface area contributed by atoms with E-state index in [1.165, 1.54) is 5.94 Å². The van der Waals surface area contributed by atoms with E-state index < -0.39 is 17.7 Å². The lowest BCUT2D eigenvalue weighted by molar-refractivity contribution is -0.145. The largest absolute Gasteiger partial charge is 0.481 e. The van der Waals surface area contributed by atoms with Gasteiger partial charge in [-0.3, -0.25) is 9.59 Å². The van der Waals surface area contributed by atoms with Crippen LogP contribution in [0.25, 0.3) is 0 Å². The molecule has 2 saturated heterocycles. The number of thioether (sulfide) groups is 1. The van der Waals surface area contributed by atoms with Gasteiger partial charge in [0, 0.05) is 17.1 Å². The first-order chi connectivity index (χ1) is 10.5. The lowest BCUT2D eigenvalue weighted by Gasteiger charge is -2.17. The summed E-state index contributed by atoms with van der Waals surface area (Å²) in [5.41, 5.74) is 1.95. The third-order valence-corrected chi connectivity index (χ3v) is 5.34. The summed E-state index contributed by atoms with van der Waals surface area (Å²) in [5.74, 6) is -0.885. The molecule has 0 aromatic heterocycles. The molecule has 118 valence electrons. The summed E-state index contributed by atoms with van der Waals surface area (Å²) in [7, 11) is 0. The summed E-state index contributed by atoms with van der Waals surface area (Å²) in [5, 5.41) is 15.0. The molecular formula is C14H16N2O5S. The maximum Gasteiger partial charge on any atom is 0.315 e. The molecule has 8 heteroatoms. The second-order valence-corrected chi connectivity index (χ2v) is 6.51. The molecule has 2 aliphatic heterocycles. The number of carboxylic acid groups (broad SMARTS) is 1. The van der Waals surface area contributed by atoms with Crippen LogP contribution in [0.1, 0.15) is 19.3 Å². The van der Waals surface area contributed by atoms with Crippen molar-refractivity contribution in [2.45, 2.75) is 36.6 Å². The molecule has 7 nitrogen and oxygen atoms in total. The molecule has 2 fully saturated rings. The Balaban J connectivity index is 1.84. The van der Waals surface area contributed by atoms with Crippen LogP contribution in [0.3, 0.4) is 0 Å². The van der Waals surface area contributed by atoms with E-state index in [-0.39, 0.29) is 29.8 Å². The van der Waals surface area contributed by atoms with Crippen LogP contribution < -0.4 is 10.6 Å². The molecule has 0 bridgehead atoms. The molecule has 0 aromatic carbocycles. The van der Waals surface area contributed by atoms with Crippen molar-refractivity contribution in [3.8, 4) is 0 Å². The van der Waals surface area contributed by atoms with Crippen LogP contribution >= 0.6 is 11.8 Å². The lowest BCUT2D eigenvalue weighted by Crippen LogP contribution is -2.36. The monoisotopic (exact) mass is 324 g/mol. The Morgan fingerprint density at radius 3 is 2.91 bits per heavy atom. The van der Waals surface area contributed by atoms with Crippen molar-refractivity contribution in [1.82, 2.24) is 10.6 Å². The van der Waals surface area contributed by atoms with Crippen molar-refractivity contribution in [3.63, 3.8) is 0 Å². The fourth-order valence-corrected chi connectivity index (χ4v) is 4.30. The number of rotatable bonds is 7. The Kier molecular flexibility index (Phi) is 5.44. The Morgan fingerprint density at radius 2 is 2.23 bits per heavy atom. The topological polar surface area (TPSA) is 113 Å². The number of amides is 2. The summed E-state index contributed by atoms with van der Waals surface area (Å²) >= 11 is 1.74. The molecule has 4 atom stereocenters. The number of carboxylic acids is 1. The van der Waals surface area contributed by atoms with Crippen LogP contribution in [-0.4, -0.2) is 51.9 Å². The molecule has 0 saturated carbocycles. The quantitative estimate of drug-likeness (QED) is 0.202. The smallest absolute Gasteiger partial charge is 0.315 e. The minimum absolute atomic E-state index is 0.0642. The van der Waals surface area contributed by atoms with Crippen molar-refractivity contribution < 1.29 is 24.3 Å². The summed E-state index contributed by atoms with van der Waals surface area (Å²) in [4.78, 5) is 44.0. The van der Waals surface area contributed by atoms with Gasteiger partial charge in [0.1, 0.15) is 5.92 Å². The lowest BCUT2D eigenvalue weighted by atomic mass is 9.95. The number of carbonyl (C=O) groups excluding carboxylic acids is 3. The van der Waals surface area contributed by atoms with Gasteiger partial charge in [0.15, 0.2) is 11.7 Å². The average molecular weight is 324 g/mol. The molecule has 2 heterocycles. The third kappa shape index (κ3) is 3.80. The summed E-state index contributed by atoms with van der Waals surface area (Å²) in [6.07, 6.45) is 2.30. The maximum absolute atomic E-state index is 11.6. The highest BCUT2D eigenvalue weighted by molar-refractivity contribution is 8.00. The van der Waals surface area contributed by atoms with Crippen molar-refractivity contribution in [2.24, 2.45) is 5.92 Å². The van der Waals surface area contributed by atoms with Crippen molar-refractivity contribution >= 4 is 35.5 Å². The van der Waals surface area contributed by atoms with Gasteiger partial charge in [-0.25, -0.2) is 9.59 Å². The first-order valence-corrected chi connectivity index (χ1v) is 7.99. The molecule has 2 aliphatic rings. The predicted molar refractivity (Wildman–Crippen MR) is 79.2 cm³/mol. The second-order valence-electron chi connectivity index (χ2n) is 5.24. The molecular weight excluding hydrogens is 308 g/mol. The fourth-order valence-electron chi connectivity index (χ4n) is 2.75.